The van der Waals surface area contributed by atoms with Crippen LogP contribution in [-0.4, -0.2) is 37.0 Å². The number of rotatable bonds is 9. The molecule has 0 aliphatic rings. The molecule has 1 unspecified atom stereocenters. The molecule has 0 aliphatic carbocycles. The van der Waals surface area contributed by atoms with Crippen LogP contribution < -0.4 is 5.32 Å². The maximum Gasteiger partial charge on any atom is 0.411 e. The van der Waals surface area contributed by atoms with Crippen LogP contribution in [0.1, 0.15) is 24.6 Å². The van der Waals surface area contributed by atoms with Gasteiger partial charge in [-0.25, -0.2) is 0 Å². The lowest BCUT2D eigenvalue weighted by molar-refractivity contribution is -0.174. The van der Waals surface area contributed by atoms with Crippen molar-refractivity contribution in [1.82, 2.24) is 10.3 Å². The normalized spacial score (nSPS) is 13.7. The predicted molar refractivity (Wildman–Crippen MR) is 69.4 cm³/mol. The standard InChI is InChI=1S/C12H19F3N2OS/c1-2-4-17-10(6-11-7-16-9-19-11)3-5-18-8-12(13,14)15/h7,9-10,17H,2-6,8H2,1H3. The Morgan fingerprint density at radius 1 is 1.47 bits per heavy atom. The van der Waals surface area contributed by atoms with Crippen molar-refractivity contribution in [2.24, 2.45) is 0 Å². The highest BCUT2D eigenvalue weighted by Gasteiger charge is 2.27. The second kappa shape index (κ2) is 8.50. The number of hydrogen-bond donors (Lipinski definition) is 1. The van der Waals surface area contributed by atoms with Crippen LogP contribution in [0.2, 0.25) is 0 Å². The van der Waals surface area contributed by atoms with Gasteiger partial charge in [-0.05, 0) is 25.8 Å². The summed E-state index contributed by atoms with van der Waals surface area (Å²) in [5.74, 6) is 0. The summed E-state index contributed by atoms with van der Waals surface area (Å²) in [7, 11) is 0. The number of nitrogens with zero attached hydrogens (tertiary/aromatic N) is 1. The van der Waals surface area contributed by atoms with E-state index in [-0.39, 0.29) is 12.6 Å². The van der Waals surface area contributed by atoms with Crippen molar-refractivity contribution in [3.05, 3.63) is 16.6 Å². The van der Waals surface area contributed by atoms with Crippen LogP contribution in [0.3, 0.4) is 0 Å². The zero-order valence-corrected chi connectivity index (χ0v) is 11.7. The molecule has 1 N–H and O–H groups in total. The molecule has 7 heteroatoms. The Kier molecular flexibility index (Phi) is 7.33. The van der Waals surface area contributed by atoms with Gasteiger partial charge in [0.05, 0.1) is 5.51 Å². The van der Waals surface area contributed by atoms with Gasteiger partial charge in [0.15, 0.2) is 0 Å². The van der Waals surface area contributed by atoms with Gasteiger partial charge in [0.25, 0.3) is 0 Å². The van der Waals surface area contributed by atoms with E-state index < -0.39 is 12.8 Å². The maximum atomic E-state index is 11.9. The number of alkyl halides is 3. The predicted octanol–water partition coefficient (Wildman–Crippen LogP) is 3.02. The third kappa shape index (κ3) is 8.18. The van der Waals surface area contributed by atoms with Gasteiger partial charge in [-0.1, -0.05) is 6.92 Å². The van der Waals surface area contributed by atoms with Gasteiger partial charge in [0.1, 0.15) is 6.61 Å². The topological polar surface area (TPSA) is 34.1 Å². The van der Waals surface area contributed by atoms with E-state index in [1.807, 2.05) is 0 Å². The smallest absolute Gasteiger partial charge is 0.372 e. The Morgan fingerprint density at radius 3 is 2.84 bits per heavy atom. The van der Waals surface area contributed by atoms with Crippen molar-refractivity contribution in [3.8, 4) is 0 Å². The molecule has 0 spiro atoms. The van der Waals surface area contributed by atoms with Crippen molar-refractivity contribution in [2.45, 2.75) is 38.4 Å². The maximum absolute atomic E-state index is 11.9. The number of aromatic nitrogens is 1. The molecule has 0 radical (unpaired) electrons. The third-order valence-electron chi connectivity index (χ3n) is 2.49. The molecule has 1 aromatic heterocycles. The molecule has 1 rings (SSSR count). The summed E-state index contributed by atoms with van der Waals surface area (Å²) in [6.07, 6.45) is -0.123. The number of thiazole rings is 1. The van der Waals surface area contributed by atoms with Gasteiger partial charge in [0, 0.05) is 23.7 Å². The summed E-state index contributed by atoms with van der Waals surface area (Å²) in [4.78, 5) is 5.12. The van der Waals surface area contributed by atoms with Crippen molar-refractivity contribution in [3.63, 3.8) is 0 Å². The average molecular weight is 296 g/mol. The molecule has 0 fully saturated rings. The van der Waals surface area contributed by atoms with E-state index in [1.165, 1.54) is 0 Å². The second-order valence-electron chi connectivity index (χ2n) is 4.28. The minimum absolute atomic E-state index is 0.111. The van der Waals surface area contributed by atoms with Crippen molar-refractivity contribution >= 4 is 11.3 Å². The summed E-state index contributed by atoms with van der Waals surface area (Å²) in [6.45, 7) is 1.84. The molecule has 0 aromatic carbocycles. The summed E-state index contributed by atoms with van der Waals surface area (Å²) < 4.78 is 40.5. The Hall–Kier alpha value is -0.660. The molecule has 1 atom stereocenters. The zero-order chi connectivity index (χ0) is 14.1. The van der Waals surface area contributed by atoms with E-state index >= 15 is 0 Å². The Morgan fingerprint density at radius 2 is 2.26 bits per heavy atom. The van der Waals surface area contributed by atoms with Gasteiger partial charge in [-0.2, -0.15) is 13.2 Å². The van der Waals surface area contributed by atoms with Gasteiger partial charge in [0.2, 0.25) is 0 Å². The van der Waals surface area contributed by atoms with Crippen molar-refractivity contribution in [2.75, 3.05) is 19.8 Å². The fourth-order valence-electron chi connectivity index (χ4n) is 1.62. The largest absolute Gasteiger partial charge is 0.411 e. The highest BCUT2D eigenvalue weighted by molar-refractivity contribution is 7.09. The molecule has 0 saturated heterocycles. The average Bonchev–Trinajstić information content (AvgIpc) is 2.82. The van der Waals surface area contributed by atoms with Crippen LogP contribution in [0.15, 0.2) is 11.7 Å². The fourth-order valence-corrected chi connectivity index (χ4v) is 2.30. The van der Waals surface area contributed by atoms with Crippen molar-refractivity contribution < 1.29 is 17.9 Å². The molecular weight excluding hydrogens is 277 g/mol. The lowest BCUT2D eigenvalue weighted by Crippen LogP contribution is -2.33. The second-order valence-corrected chi connectivity index (χ2v) is 5.25. The molecule has 3 nitrogen and oxygen atoms in total. The van der Waals surface area contributed by atoms with Gasteiger partial charge in [-0.15, -0.1) is 11.3 Å². The first kappa shape index (κ1) is 16.4. The summed E-state index contributed by atoms with van der Waals surface area (Å²) in [5.41, 5.74) is 1.76. The quantitative estimate of drug-likeness (QED) is 0.711. The van der Waals surface area contributed by atoms with Crippen LogP contribution >= 0.6 is 11.3 Å². The molecule has 0 amide bonds. The number of ether oxygens (including phenoxy) is 1. The van der Waals surface area contributed by atoms with E-state index in [1.54, 1.807) is 23.0 Å². The lowest BCUT2D eigenvalue weighted by Gasteiger charge is -2.18. The molecule has 0 bridgehead atoms. The summed E-state index contributed by atoms with van der Waals surface area (Å²) in [5, 5.41) is 3.32. The Bertz CT molecular complexity index is 330. The van der Waals surface area contributed by atoms with Gasteiger partial charge in [-0.3, -0.25) is 4.98 Å². The molecule has 0 saturated carbocycles. The fraction of sp³-hybridized carbons (Fsp3) is 0.750. The van der Waals surface area contributed by atoms with Crippen LogP contribution in [0.25, 0.3) is 0 Å². The Balaban J connectivity index is 2.29. The molecular formula is C12H19F3N2OS. The summed E-state index contributed by atoms with van der Waals surface area (Å²) >= 11 is 1.56. The van der Waals surface area contributed by atoms with Crippen LogP contribution in [0.4, 0.5) is 13.2 Å². The lowest BCUT2D eigenvalue weighted by atomic mass is 10.1. The monoisotopic (exact) mass is 296 g/mol. The van der Waals surface area contributed by atoms with Crippen LogP contribution in [-0.2, 0) is 11.2 Å². The van der Waals surface area contributed by atoms with E-state index in [2.05, 4.69) is 22.0 Å². The third-order valence-corrected chi connectivity index (χ3v) is 3.29. The number of nitrogens with one attached hydrogen (secondary N) is 1. The number of hydrogen-bond acceptors (Lipinski definition) is 4. The van der Waals surface area contributed by atoms with Crippen LogP contribution in [0, 0.1) is 0 Å². The minimum atomic E-state index is -4.25. The van der Waals surface area contributed by atoms with Gasteiger partial charge < -0.3 is 10.1 Å². The highest BCUT2D eigenvalue weighted by atomic mass is 32.1. The molecule has 110 valence electrons. The van der Waals surface area contributed by atoms with Crippen LogP contribution in [0.5, 0.6) is 0 Å². The van der Waals surface area contributed by atoms with E-state index in [0.29, 0.717) is 6.42 Å². The molecule has 19 heavy (non-hydrogen) atoms. The minimum Gasteiger partial charge on any atom is -0.372 e. The molecule has 1 aromatic rings. The zero-order valence-electron chi connectivity index (χ0n) is 10.9. The number of halogens is 3. The van der Waals surface area contributed by atoms with E-state index in [4.69, 9.17) is 0 Å². The molecule has 0 aliphatic heterocycles. The Labute approximate surface area is 115 Å². The first-order valence-electron chi connectivity index (χ1n) is 6.26. The molecule has 1 heterocycles. The first-order chi connectivity index (χ1) is 9.01. The SMILES string of the molecule is CCCNC(CCOCC(F)(F)F)Cc1cncs1. The van der Waals surface area contributed by atoms with Crippen molar-refractivity contribution in [1.29, 1.82) is 0 Å². The van der Waals surface area contributed by atoms with E-state index in [9.17, 15) is 13.2 Å². The first-order valence-corrected chi connectivity index (χ1v) is 7.14. The van der Waals surface area contributed by atoms with E-state index in [0.717, 1.165) is 24.3 Å². The van der Waals surface area contributed by atoms with Gasteiger partial charge >= 0.3 is 6.18 Å². The summed E-state index contributed by atoms with van der Waals surface area (Å²) in [6, 6.07) is 0.133. The highest BCUT2D eigenvalue weighted by Crippen LogP contribution is 2.15.